The second kappa shape index (κ2) is 11.2. The lowest BCUT2D eigenvalue weighted by Gasteiger charge is -2.47. The Kier molecular flexibility index (Phi) is 7.25. The van der Waals surface area contributed by atoms with E-state index in [-0.39, 0.29) is 5.91 Å². The van der Waals surface area contributed by atoms with E-state index in [4.69, 9.17) is 32.5 Å². The number of hydrogen-bond acceptors (Lipinski definition) is 5. The molecule has 2 saturated carbocycles. The molecule has 0 bridgehead atoms. The maximum atomic E-state index is 14.2. The molecule has 1 amide bonds. The molecule has 0 aliphatic heterocycles. The fourth-order valence-electron chi connectivity index (χ4n) is 7.40. The first-order chi connectivity index (χ1) is 21.7. The minimum Gasteiger partial charge on any atom is -0.478 e. The summed E-state index contributed by atoms with van der Waals surface area (Å²) >= 11 is 6.61. The number of carboxylic acids is 1. The summed E-state index contributed by atoms with van der Waals surface area (Å²) in [6, 6.07) is 15.5. The van der Waals surface area contributed by atoms with Gasteiger partial charge in [0.05, 0.1) is 21.9 Å². The van der Waals surface area contributed by atoms with Crippen molar-refractivity contribution in [2.45, 2.75) is 56.4 Å². The van der Waals surface area contributed by atoms with Crippen molar-refractivity contribution in [1.29, 1.82) is 0 Å². The van der Waals surface area contributed by atoms with Crippen LogP contribution in [0.4, 0.5) is 0 Å². The summed E-state index contributed by atoms with van der Waals surface area (Å²) in [6.45, 7) is 0. The monoisotopic (exact) mass is 622 g/mol. The Bertz CT molecular complexity index is 2000. The van der Waals surface area contributed by atoms with E-state index >= 15 is 0 Å². The molecule has 2 aromatic carbocycles. The van der Waals surface area contributed by atoms with Gasteiger partial charge in [-0.1, -0.05) is 36.6 Å². The number of aryl methyl sites for hydroxylation is 2. The van der Waals surface area contributed by atoms with Crippen molar-refractivity contribution in [1.82, 2.24) is 24.1 Å². The van der Waals surface area contributed by atoms with Gasteiger partial charge in [0.25, 0.3) is 5.91 Å². The third-order valence-corrected chi connectivity index (χ3v) is 10.1. The minimum absolute atomic E-state index is 0.275. The molecular weight excluding hydrogens is 588 g/mol. The van der Waals surface area contributed by atoms with Gasteiger partial charge < -0.3 is 14.2 Å². The molecule has 2 aliphatic carbocycles. The van der Waals surface area contributed by atoms with Gasteiger partial charge in [0.2, 0.25) is 0 Å². The van der Waals surface area contributed by atoms with Gasteiger partial charge in [-0.15, -0.1) is 0 Å². The fraction of sp³-hybridized carbons (Fsp3) is 0.314. The van der Waals surface area contributed by atoms with Crippen LogP contribution in [0.3, 0.4) is 0 Å². The highest BCUT2D eigenvalue weighted by atomic mass is 35.5. The van der Waals surface area contributed by atoms with Crippen LogP contribution < -0.4 is 5.84 Å². The van der Waals surface area contributed by atoms with Crippen LogP contribution in [0, 0.1) is 0 Å². The number of amides is 1. The lowest BCUT2D eigenvalue weighted by molar-refractivity contribution is -0.131. The van der Waals surface area contributed by atoms with Crippen LogP contribution in [0.25, 0.3) is 39.4 Å². The molecule has 10 heteroatoms. The number of carboxylic acid groups (broad SMARTS) is 1. The van der Waals surface area contributed by atoms with E-state index in [1.807, 2.05) is 48.1 Å². The van der Waals surface area contributed by atoms with E-state index in [9.17, 15) is 9.59 Å². The standard InChI is InChI=1S/C35H35ClN6O3/c1-40-27-20-23(12-13-24(27)30(22-8-3-4-9-22)32(40)26-10-5-6-17-38-26)33(45)42(37)35(15-7-16-35)34-39-31-25(36)18-21(11-14-29(43)44)19-28(31)41(34)2/h5-6,10-14,17-20,22H,3-4,7-9,15-16,37H2,1-2H3,(H,43,44)/b14-11+. The highest BCUT2D eigenvalue weighted by Gasteiger charge is 2.49. The second-order valence-corrected chi connectivity index (χ2v) is 12.8. The Morgan fingerprint density at radius 1 is 1.04 bits per heavy atom. The molecule has 230 valence electrons. The smallest absolute Gasteiger partial charge is 0.328 e. The summed E-state index contributed by atoms with van der Waals surface area (Å²) < 4.78 is 4.09. The van der Waals surface area contributed by atoms with Gasteiger partial charge in [0.1, 0.15) is 16.9 Å². The van der Waals surface area contributed by atoms with Crippen LogP contribution in [0.2, 0.25) is 5.02 Å². The molecule has 0 radical (unpaired) electrons. The second-order valence-electron chi connectivity index (χ2n) is 12.3. The Labute approximate surface area is 265 Å². The lowest BCUT2D eigenvalue weighted by atomic mass is 9.75. The molecule has 9 nitrogen and oxygen atoms in total. The van der Waals surface area contributed by atoms with Crippen LogP contribution >= 0.6 is 11.6 Å². The van der Waals surface area contributed by atoms with E-state index in [0.717, 1.165) is 53.1 Å². The maximum Gasteiger partial charge on any atom is 0.328 e. The van der Waals surface area contributed by atoms with E-state index in [1.54, 1.807) is 6.07 Å². The molecule has 0 unspecified atom stereocenters. The van der Waals surface area contributed by atoms with Gasteiger partial charge in [0.15, 0.2) is 0 Å². The molecule has 0 atom stereocenters. The minimum atomic E-state index is -1.04. The zero-order valence-electron chi connectivity index (χ0n) is 25.3. The zero-order valence-corrected chi connectivity index (χ0v) is 26.1. The number of aliphatic carboxylic acids is 1. The Morgan fingerprint density at radius 3 is 2.49 bits per heavy atom. The normalized spacial score (nSPS) is 16.5. The van der Waals surface area contributed by atoms with Crippen LogP contribution in [-0.4, -0.2) is 41.1 Å². The maximum absolute atomic E-state index is 14.2. The highest BCUT2D eigenvalue weighted by molar-refractivity contribution is 6.35. The first kappa shape index (κ1) is 29.3. The summed E-state index contributed by atoms with van der Waals surface area (Å²) in [5, 5.41) is 12.0. The van der Waals surface area contributed by atoms with Crippen LogP contribution in [-0.2, 0) is 24.4 Å². The number of aromatic nitrogens is 4. The number of imidazole rings is 1. The summed E-state index contributed by atoms with van der Waals surface area (Å²) in [5.74, 6) is 6.57. The lowest BCUT2D eigenvalue weighted by Crippen LogP contribution is -2.58. The molecule has 3 aromatic heterocycles. The van der Waals surface area contributed by atoms with Gasteiger partial charge in [0, 0.05) is 42.8 Å². The zero-order chi connectivity index (χ0) is 31.5. The van der Waals surface area contributed by atoms with E-state index in [0.29, 0.717) is 46.3 Å². The number of fused-ring (bicyclic) bond motifs is 2. The number of nitrogens with zero attached hydrogens (tertiary/aromatic N) is 5. The third-order valence-electron chi connectivity index (χ3n) is 9.82. The van der Waals surface area contributed by atoms with Gasteiger partial charge in [-0.05, 0) is 91.6 Å². The Hall–Kier alpha value is -4.47. The molecule has 2 fully saturated rings. The predicted molar refractivity (Wildman–Crippen MR) is 176 cm³/mol. The van der Waals surface area contributed by atoms with E-state index in [1.165, 1.54) is 29.5 Å². The number of halogens is 1. The molecule has 0 saturated heterocycles. The first-order valence-corrected chi connectivity index (χ1v) is 15.8. The average molecular weight is 623 g/mol. The van der Waals surface area contributed by atoms with Crippen molar-refractivity contribution in [2.24, 2.45) is 19.9 Å². The van der Waals surface area contributed by atoms with Crippen molar-refractivity contribution in [3.8, 4) is 11.4 Å². The first-order valence-electron chi connectivity index (χ1n) is 15.4. The summed E-state index contributed by atoms with van der Waals surface area (Å²) in [6.07, 6.45) is 11.4. The highest BCUT2D eigenvalue weighted by Crippen LogP contribution is 2.47. The van der Waals surface area contributed by atoms with Gasteiger partial charge in [-0.3, -0.25) is 14.8 Å². The fourth-order valence-corrected chi connectivity index (χ4v) is 7.67. The number of carbonyl (C=O) groups excluding carboxylic acids is 1. The van der Waals surface area contributed by atoms with Crippen LogP contribution in [0.1, 0.15) is 78.2 Å². The Morgan fingerprint density at radius 2 is 1.82 bits per heavy atom. The third kappa shape index (κ3) is 4.73. The largest absolute Gasteiger partial charge is 0.478 e. The SMILES string of the molecule is Cn1c(-c2ccccn2)c(C2CCCC2)c2ccc(C(=O)N(N)C3(c4nc5c(Cl)cc(/C=C/C(=O)O)cc5n4C)CCC3)cc21. The molecule has 3 N–H and O–H groups in total. The number of hydrogen-bond donors (Lipinski definition) is 2. The number of hydrazine groups is 1. The van der Waals surface area contributed by atoms with Crippen molar-refractivity contribution in [3.05, 3.63) is 88.3 Å². The van der Waals surface area contributed by atoms with Crippen LogP contribution in [0.5, 0.6) is 0 Å². The quantitative estimate of drug-likeness (QED) is 0.0879. The number of pyridine rings is 1. The molecule has 0 spiro atoms. The molecule has 7 rings (SSSR count). The molecule has 5 aromatic rings. The van der Waals surface area contributed by atoms with Gasteiger partial charge in [-0.25, -0.2) is 15.6 Å². The number of benzene rings is 2. The number of carbonyl (C=O) groups is 2. The van der Waals surface area contributed by atoms with E-state index < -0.39 is 11.5 Å². The molecule has 45 heavy (non-hydrogen) atoms. The molecule has 2 aliphatic rings. The van der Waals surface area contributed by atoms with Gasteiger partial charge >= 0.3 is 5.97 Å². The summed E-state index contributed by atoms with van der Waals surface area (Å²) in [4.78, 5) is 34.8. The van der Waals surface area contributed by atoms with Crippen molar-refractivity contribution < 1.29 is 14.7 Å². The van der Waals surface area contributed by atoms with Crippen LogP contribution in [0.15, 0.2) is 60.8 Å². The molecule has 3 heterocycles. The van der Waals surface area contributed by atoms with E-state index in [2.05, 4.69) is 23.7 Å². The topological polar surface area (TPSA) is 119 Å². The number of nitrogens with two attached hydrogens (primary N) is 1. The summed E-state index contributed by atoms with van der Waals surface area (Å²) in [7, 11) is 3.93. The summed E-state index contributed by atoms with van der Waals surface area (Å²) in [5.41, 5.74) is 6.02. The van der Waals surface area contributed by atoms with Gasteiger partial charge in [-0.2, -0.15) is 0 Å². The Balaban J connectivity index is 1.29. The molecular formula is C35H35ClN6O3. The van der Waals surface area contributed by atoms with Crippen molar-refractivity contribution in [3.63, 3.8) is 0 Å². The van der Waals surface area contributed by atoms with Crippen molar-refractivity contribution >= 4 is 51.5 Å². The van der Waals surface area contributed by atoms with Crippen molar-refractivity contribution in [2.75, 3.05) is 0 Å². The number of rotatable bonds is 7. The average Bonchev–Trinajstić information content (AvgIpc) is 3.73. The predicted octanol–water partition coefficient (Wildman–Crippen LogP) is 6.93.